The summed E-state index contributed by atoms with van der Waals surface area (Å²) in [7, 11) is 3.08. The van der Waals surface area contributed by atoms with E-state index in [9.17, 15) is 4.79 Å². The fourth-order valence-corrected chi connectivity index (χ4v) is 2.26. The second-order valence-electron chi connectivity index (χ2n) is 5.61. The Morgan fingerprint density at radius 1 is 1.00 bits per heavy atom. The molecule has 5 nitrogen and oxygen atoms in total. The number of carbonyl (C=O) groups is 1. The minimum atomic E-state index is -0.239. The van der Waals surface area contributed by atoms with Crippen molar-refractivity contribution in [2.75, 3.05) is 26.1 Å². The Balaban J connectivity index is 1.96. The van der Waals surface area contributed by atoms with E-state index in [0.717, 1.165) is 5.69 Å². The Morgan fingerprint density at radius 3 is 2.25 bits per heavy atom. The summed E-state index contributed by atoms with van der Waals surface area (Å²) in [5.41, 5.74) is 1.97. The van der Waals surface area contributed by atoms with E-state index in [-0.39, 0.29) is 12.5 Å². The van der Waals surface area contributed by atoms with Crippen molar-refractivity contribution in [3.8, 4) is 17.2 Å². The van der Waals surface area contributed by atoms with E-state index in [1.165, 1.54) is 12.7 Å². The smallest absolute Gasteiger partial charge is 0.262 e. The number of carbonyl (C=O) groups excluding carboxylic acids is 1. The number of hydrogen-bond donors (Lipinski definition) is 1. The van der Waals surface area contributed by atoms with Gasteiger partial charge < -0.3 is 19.5 Å². The van der Waals surface area contributed by atoms with E-state index in [0.29, 0.717) is 23.2 Å². The normalized spacial score (nSPS) is 10.4. The van der Waals surface area contributed by atoms with Crippen LogP contribution in [0.1, 0.15) is 25.3 Å². The molecule has 2 aromatic carbocycles. The Hall–Kier alpha value is -2.69. The second kappa shape index (κ2) is 8.24. The van der Waals surface area contributed by atoms with Crippen molar-refractivity contribution < 1.29 is 19.0 Å². The number of anilines is 1. The molecule has 0 aliphatic rings. The van der Waals surface area contributed by atoms with Crippen molar-refractivity contribution in [3.63, 3.8) is 0 Å². The summed E-state index contributed by atoms with van der Waals surface area (Å²) in [6, 6.07) is 13.1. The Bertz CT molecular complexity index is 680. The number of nitrogens with one attached hydrogen (secondary N) is 1. The monoisotopic (exact) mass is 329 g/mol. The van der Waals surface area contributed by atoms with E-state index in [2.05, 4.69) is 19.2 Å². The van der Waals surface area contributed by atoms with Crippen LogP contribution in [0.5, 0.6) is 17.2 Å². The Labute approximate surface area is 142 Å². The molecule has 2 aromatic rings. The number of methoxy groups -OCH3 is 2. The SMILES string of the molecule is COc1cccc(OCC(=O)Nc2ccc(C(C)C)cc2)c1OC. The Kier molecular flexibility index (Phi) is 6.07. The zero-order valence-corrected chi connectivity index (χ0v) is 14.5. The van der Waals surface area contributed by atoms with Gasteiger partial charge in [0.25, 0.3) is 5.91 Å². The van der Waals surface area contributed by atoms with Gasteiger partial charge in [0.05, 0.1) is 14.2 Å². The molecular formula is C19H23NO4. The van der Waals surface area contributed by atoms with Crippen LogP contribution in [-0.2, 0) is 4.79 Å². The van der Waals surface area contributed by atoms with Gasteiger partial charge in [-0.05, 0) is 35.7 Å². The lowest BCUT2D eigenvalue weighted by atomic mass is 10.0. The molecule has 0 atom stereocenters. The molecular weight excluding hydrogens is 306 g/mol. The molecule has 1 amide bonds. The molecule has 0 heterocycles. The quantitative estimate of drug-likeness (QED) is 0.838. The third-order valence-electron chi connectivity index (χ3n) is 3.59. The first-order valence-electron chi connectivity index (χ1n) is 7.78. The molecule has 0 fully saturated rings. The van der Waals surface area contributed by atoms with Gasteiger partial charge in [0, 0.05) is 5.69 Å². The first-order valence-corrected chi connectivity index (χ1v) is 7.78. The second-order valence-corrected chi connectivity index (χ2v) is 5.61. The molecule has 0 spiro atoms. The fourth-order valence-electron chi connectivity index (χ4n) is 2.26. The van der Waals surface area contributed by atoms with Crippen molar-refractivity contribution >= 4 is 11.6 Å². The maximum Gasteiger partial charge on any atom is 0.262 e. The van der Waals surface area contributed by atoms with Gasteiger partial charge in [-0.2, -0.15) is 0 Å². The third kappa shape index (κ3) is 4.41. The van der Waals surface area contributed by atoms with Gasteiger partial charge in [-0.3, -0.25) is 4.79 Å². The summed E-state index contributed by atoms with van der Waals surface area (Å²) in [6.45, 7) is 4.14. The first kappa shape index (κ1) is 17.7. The number of rotatable bonds is 7. The topological polar surface area (TPSA) is 56.8 Å². The van der Waals surface area contributed by atoms with Gasteiger partial charge in [0.1, 0.15) is 0 Å². The molecule has 0 aliphatic carbocycles. The number of amides is 1. The van der Waals surface area contributed by atoms with Crippen molar-refractivity contribution in [2.45, 2.75) is 19.8 Å². The maximum absolute atomic E-state index is 12.1. The third-order valence-corrected chi connectivity index (χ3v) is 3.59. The van der Waals surface area contributed by atoms with Gasteiger partial charge in [-0.15, -0.1) is 0 Å². The van der Waals surface area contributed by atoms with Crippen LogP contribution in [0.4, 0.5) is 5.69 Å². The summed E-state index contributed by atoms with van der Waals surface area (Å²) in [5, 5.41) is 2.81. The van der Waals surface area contributed by atoms with E-state index in [1.807, 2.05) is 24.3 Å². The van der Waals surface area contributed by atoms with Crippen LogP contribution in [0.2, 0.25) is 0 Å². The number of para-hydroxylation sites is 1. The van der Waals surface area contributed by atoms with Crippen LogP contribution < -0.4 is 19.5 Å². The molecule has 128 valence electrons. The lowest BCUT2D eigenvalue weighted by Gasteiger charge is -2.13. The van der Waals surface area contributed by atoms with Gasteiger partial charge in [0.2, 0.25) is 5.75 Å². The van der Waals surface area contributed by atoms with Crippen molar-refractivity contribution in [1.82, 2.24) is 0 Å². The molecule has 5 heteroatoms. The van der Waals surface area contributed by atoms with Crippen LogP contribution >= 0.6 is 0 Å². The number of ether oxygens (including phenoxy) is 3. The summed E-state index contributed by atoms with van der Waals surface area (Å²) in [4.78, 5) is 12.1. The largest absolute Gasteiger partial charge is 0.493 e. The average Bonchev–Trinajstić information content (AvgIpc) is 2.59. The molecule has 1 N–H and O–H groups in total. The molecule has 0 unspecified atom stereocenters. The van der Waals surface area contributed by atoms with Crippen LogP contribution in [0.15, 0.2) is 42.5 Å². The standard InChI is InChI=1S/C19H23NO4/c1-13(2)14-8-10-15(11-9-14)20-18(21)12-24-17-7-5-6-16(22-3)19(17)23-4/h5-11,13H,12H2,1-4H3,(H,20,21). The average molecular weight is 329 g/mol. The molecule has 2 rings (SSSR count). The Morgan fingerprint density at radius 2 is 1.67 bits per heavy atom. The van der Waals surface area contributed by atoms with Gasteiger partial charge in [-0.25, -0.2) is 0 Å². The molecule has 0 radical (unpaired) electrons. The van der Waals surface area contributed by atoms with Crippen molar-refractivity contribution in [3.05, 3.63) is 48.0 Å². The predicted molar refractivity (Wildman–Crippen MR) is 94.2 cm³/mol. The zero-order valence-electron chi connectivity index (χ0n) is 14.5. The fraction of sp³-hybridized carbons (Fsp3) is 0.316. The molecule has 0 bridgehead atoms. The molecule has 24 heavy (non-hydrogen) atoms. The summed E-state index contributed by atoms with van der Waals surface area (Å²) in [5.74, 6) is 1.70. The first-order chi connectivity index (χ1) is 11.5. The van der Waals surface area contributed by atoms with Gasteiger partial charge in [-0.1, -0.05) is 32.0 Å². The summed E-state index contributed by atoms with van der Waals surface area (Å²) < 4.78 is 16.0. The molecule has 0 aliphatic heterocycles. The lowest BCUT2D eigenvalue weighted by Crippen LogP contribution is -2.20. The van der Waals surface area contributed by atoms with Crippen molar-refractivity contribution in [1.29, 1.82) is 0 Å². The number of hydrogen-bond acceptors (Lipinski definition) is 4. The highest BCUT2D eigenvalue weighted by Gasteiger charge is 2.12. The van der Waals surface area contributed by atoms with Crippen LogP contribution in [0.25, 0.3) is 0 Å². The maximum atomic E-state index is 12.1. The van der Waals surface area contributed by atoms with Gasteiger partial charge >= 0.3 is 0 Å². The van der Waals surface area contributed by atoms with E-state index < -0.39 is 0 Å². The van der Waals surface area contributed by atoms with E-state index in [1.54, 1.807) is 25.3 Å². The van der Waals surface area contributed by atoms with E-state index in [4.69, 9.17) is 14.2 Å². The summed E-state index contributed by atoms with van der Waals surface area (Å²) >= 11 is 0. The molecule has 0 saturated carbocycles. The van der Waals surface area contributed by atoms with E-state index >= 15 is 0 Å². The van der Waals surface area contributed by atoms with Gasteiger partial charge in [0.15, 0.2) is 18.1 Å². The van der Waals surface area contributed by atoms with Crippen molar-refractivity contribution in [2.24, 2.45) is 0 Å². The molecule has 0 saturated heterocycles. The summed E-state index contributed by atoms with van der Waals surface area (Å²) in [6.07, 6.45) is 0. The highest BCUT2D eigenvalue weighted by Crippen LogP contribution is 2.36. The van der Waals surface area contributed by atoms with Crippen LogP contribution in [0.3, 0.4) is 0 Å². The molecule has 0 aromatic heterocycles. The minimum Gasteiger partial charge on any atom is -0.493 e. The zero-order chi connectivity index (χ0) is 17.5. The lowest BCUT2D eigenvalue weighted by molar-refractivity contribution is -0.118. The highest BCUT2D eigenvalue weighted by molar-refractivity contribution is 5.91. The highest BCUT2D eigenvalue weighted by atomic mass is 16.5. The van der Waals surface area contributed by atoms with Crippen LogP contribution in [-0.4, -0.2) is 26.7 Å². The minimum absolute atomic E-state index is 0.116. The number of benzene rings is 2. The predicted octanol–water partition coefficient (Wildman–Crippen LogP) is 3.84. The van der Waals surface area contributed by atoms with Crippen LogP contribution in [0, 0.1) is 0 Å².